The molecule has 2 unspecified atom stereocenters. The van der Waals surface area contributed by atoms with E-state index in [9.17, 15) is 14.7 Å². The SMILES string of the molecule is CC(CNC(=O)N1CCCCC1(C)C(=O)O)C(C)(C)C. The highest BCUT2D eigenvalue weighted by Crippen LogP contribution is 2.29. The molecule has 5 heteroatoms. The van der Waals surface area contributed by atoms with E-state index in [0.29, 0.717) is 25.4 Å². The molecule has 0 aromatic carbocycles. The van der Waals surface area contributed by atoms with Crippen LogP contribution < -0.4 is 5.32 Å². The summed E-state index contributed by atoms with van der Waals surface area (Å²) in [6.45, 7) is 11.2. The topological polar surface area (TPSA) is 69.6 Å². The third kappa shape index (κ3) is 3.64. The van der Waals surface area contributed by atoms with Gasteiger partial charge in [-0.05, 0) is 37.5 Å². The molecule has 20 heavy (non-hydrogen) atoms. The summed E-state index contributed by atoms with van der Waals surface area (Å²) in [6.07, 6.45) is 2.24. The van der Waals surface area contributed by atoms with Gasteiger partial charge in [0, 0.05) is 13.1 Å². The molecule has 0 saturated carbocycles. The number of urea groups is 1. The molecular formula is C15H28N2O3. The first-order valence-electron chi connectivity index (χ1n) is 7.38. The number of hydrogen-bond donors (Lipinski definition) is 2. The summed E-state index contributed by atoms with van der Waals surface area (Å²) in [4.78, 5) is 25.2. The molecule has 1 aliphatic heterocycles. The molecule has 0 aliphatic carbocycles. The minimum atomic E-state index is -1.08. The molecule has 5 nitrogen and oxygen atoms in total. The number of carboxylic acid groups (broad SMARTS) is 1. The lowest BCUT2D eigenvalue weighted by molar-refractivity contribution is -0.150. The summed E-state index contributed by atoms with van der Waals surface area (Å²) in [7, 11) is 0. The second-order valence-electron chi connectivity index (χ2n) is 7.14. The maximum absolute atomic E-state index is 12.3. The first kappa shape index (κ1) is 16.8. The van der Waals surface area contributed by atoms with Gasteiger partial charge in [0.2, 0.25) is 0 Å². The summed E-state index contributed by atoms with van der Waals surface area (Å²) in [5.41, 5.74) is -0.960. The smallest absolute Gasteiger partial charge is 0.329 e. The third-order valence-corrected chi connectivity index (χ3v) is 4.63. The normalized spacial score (nSPS) is 25.1. The maximum atomic E-state index is 12.3. The van der Waals surface area contributed by atoms with Gasteiger partial charge in [0.15, 0.2) is 0 Å². The lowest BCUT2D eigenvalue weighted by Gasteiger charge is -2.41. The minimum Gasteiger partial charge on any atom is -0.480 e. The summed E-state index contributed by atoms with van der Waals surface area (Å²) in [6, 6.07) is -0.259. The number of likely N-dealkylation sites (tertiary alicyclic amines) is 1. The molecule has 2 atom stereocenters. The Kier molecular flexibility index (Phi) is 5.05. The number of aliphatic carboxylic acids is 1. The summed E-state index contributed by atoms with van der Waals surface area (Å²) >= 11 is 0. The van der Waals surface area contributed by atoms with Crippen molar-refractivity contribution in [2.45, 2.75) is 59.4 Å². The number of nitrogens with one attached hydrogen (secondary N) is 1. The molecule has 2 N–H and O–H groups in total. The Morgan fingerprint density at radius 3 is 2.45 bits per heavy atom. The van der Waals surface area contributed by atoms with Gasteiger partial charge in [-0.1, -0.05) is 27.7 Å². The van der Waals surface area contributed by atoms with Gasteiger partial charge in [0.25, 0.3) is 0 Å². The lowest BCUT2D eigenvalue weighted by atomic mass is 9.82. The van der Waals surface area contributed by atoms with E-state index in [4.69, 9.17) is 0 Å². The number of nitrogens with zero attached hydrogens (tertiary/aromatic N) is 1. The molecule has 0 aromatic heterocycles. The van der Waals surface area contributed by atoms with Crippen LogP contribution in [0.1, 0.15) is 53.9 Å². The van der Waals surface area contributed by atoms with Crippen LogP contribution in [-0.4, -0.2) is 40.6 Å². The molecule has 0 radical (unpaired) electrons. The monoisotopic (exact) mass is 284 g/mol. The van der Waals surface area contributed by atoms with Crippen molar-refractivity contribution in [2.24, 2.45) is 11.3 Å². The number of amides is 2. The quantitative estimate of drug-likeness (QED) is 0.837. The zero-order chi connectivity index (χ0) is 15.6. The molecule has 1 saturated heterocycles. The summed E-state index contributed by atoms with van der Waals surface area (Å²) < 4.78 is 0. The van der Waals surface area contributed by atoms with Gasteiger partial charge < -0.3 is 15.3 Å². The van der Waals surface area contributed by atoms with E-state index in [1.807, 2.05) is 0 Å². The van der Waals surface area contributed by atoms with Crippen LogP contribution in [0.5, 0.6) is 0 Å². The van der Waals surface area contributed by atoms with Crippen molar-refractivity contribution in [1.29, 1.82) is 0 Å². The average molecular weight is 284 g/mol. The standard InChI is InChI=1S/C15H28N2O3/c1-11(14(2,3)4)10-16-13(20)17-9-7-6-8-15(17,5)12(18)19/h11H,6-10H2,1-5H3,(H,16,20)(H,18,19). The fourth-order valence-electron chi connectivity index (χ4n) is 2.31. The van der Waals surface area contributed by atoms with Gasteiger partial charge in [0.1, 0.15) is 5.54 Å². The largest absolute Gasteiger partial charge is 0.480 e. The van der Waals surface area contributed by atoms with E-state index in [1.54, 1.807) is 6.92 Å². The number of hydrogen-bond acceptors (Lipinski definition) is 2. The van der Waals surface area contributed by atoms with Crippen LogP contribution in [0.25, 0.3) is 0 Å². The molecule has 116 valence electrons. The van der Waals surface area contributed by atoms with E-state index in [2.05, 4.69) is 33.0 Å². The van der Waals surface area contributed by atoms with Gasteiger partial charge in [-0.3, -0.25) is 0 Å². The van der Waals surface area contributed by atoms with Gasteiger partial charge in [-0.15, -0.1) is 0 Å². The Morgan fingerprint density at radius 1 is 1.35 bits per heavy atom. The molecule has 0 spiro atoms. The number of rotatable bonds is 3. The second kappa shape index (κ2) is 6.02. The molecule has 1 fully saturated rings. The predicted molar refractivity (Wildman–Crippen MR) is 78.6 cm³/mol. The van der Waals surface area contributed by atoms with Crippen LogP contribution in [0, 0.1) is 11.3 Å². The van der Waals surface area contributed by atoms with Gasteiger partial charge in [-0.2, -0.15) is 0 Å². The van der Waals surface area contributed by atoms with Crippen molar-refractivity contribution < 1.29 is 14.7 Å². The zero-order valence-electron chi connectivity index (χ0n) is 13.3. The van der Waals surface area contributed by atoms with E-state index in [0.717, 1.165) is 12.8 Å². The van der Waals surface area contributed by atoms with E-state index in [1.165, 1.54) is 4.90 Å². The van der Waals surface area contributed by atoms with Crippen LogP contribution in [0.4, 0.5) is 4.79 Å². The Labute approximate surface area is 121 Å². The highest BCUT2D eigenvalue weighted by molar-refractivity contribution is 5.86. The molecule has 1 rings (SSSR count). The Morgan fingerprint density at radius 2 is 1.95 bits per heavy atom. The van der Waals surface area contributed by atoms with Crippen LogP contribution in [0.3, 0.4) is 0 Å². The van der Waals surface area contributed by atoms with Crippen molar-refractivity contribution in [1.82, 2.24) is 10.2 Å². The van der Waals surface area contributed by atoms with Crippen LogP contribution in [0.2, 0.25) is 0 Å². The van der Waals surface area contributed by atoms with Gasteiger partial charge in [0.05, 0.1) is 0 Å². The minimum absolute atomic E-state index is 0.116. The molecular weight excluding hydrogens is 256 g/mol. The molecule has 1 heterocycles. The fraction of sp³-hybridized carbons (Fsp3) is 0.867. The van der Waals surface area contributed by atoms with E-state index >= 15 is 0 Å². The maximum Gasteiger partial charge on any atom is 0.329 e. The Balaban J connectivity index is 2.68. The predicted octanol–water partition coefficient (Wildman–Crippen LogP) is 2.71. The lowest BCUT2D eigenvalue weighted by Crippen LogP contribution is -2.60. The number of piperidine rings is 1. The highest BCUT2D eigenvalue weighted by Gasteiger charge is 2.44. The van der Waals surface area contributed by atoms with Crippen molar-refractivity contribution in [3.8, 4) is 0 Å². The van der Waals surface area contributed by atoms with Gasteiger partial charge >= 0.3 is 12.0 Å². The van der Waals surface area contributed by atoms with Crippen molar-refractivity contribution in [3.05, 3.63) is 0 Å². The zero-order valence-corrected chi connectivity index (χ0v) is 13.3. The molecule has 1 aliphatic rings. The molecule has 0 aromatic rings. The van der Waals surface area contributed by atoms with Crippen LogP contribution in [0.15, 0.2) is 0 Å². The third-order valence-electron chi connectivity index (χ3n) is 4.63. The highest BCUT2D eigenvalue weighted by atomic mass is 16.4. The number of carbonyl (C=O) groups is 2. The first-order chi connectivity index (χ1) is 9.09. The molecule has 2 amide bonds. The summed E-state index contributed by atoms with van der Waals surface area (Å²) in [5, 5.41) is 12.3. The van der Waals surface area contributed by atoms with Crippen LogP contribution in [-0.2, 0) is 4.79 Å². The van der Waals surface area contributed by atoms with Gasteiger partial charge in [-0.25, -0.2) is 9.59 Å². The van der Waals surface area contributed by atoms with Crippen molar-refractivity contribution in [3.63, 3.8) is 0 Å². The van der Waals surface area contributed by atoms with E-state index < -0.39 is 11.5 Å². The fourth-order valence-corrected chi connectivity index (χ4v) is 2.31. The second-order valence-corrected chi connectivity index (χ2v) is 7.14. The Bertz CT molecular complexity index is 376. The first-order valence-corrected chi connectivity index (χ1v) is 7.38. The molecule has 0 bridgehead atoms. The number of carbonyl (C=O) groups excluding carboxylic acids is 1. The van der Waals surface area contributed by atoms with Crippen molar-refractivity contribution >= 4 is 12.0 Å². The number of carboxylic acids is 1. The van der Waals surface area contributed by atoms with Crippen molar-refractivity contribution in [2.75, 3.05) is 13.1 Å². The average Bonchev–Trinajstić information content (AvgIpc) is 2.34. The van der Waals surface area contributed by atoms with E-state index in [-0.39, 0.29) is 11.4 Å². The summed E-state index contributed by atoms with van der Waals surface area (Å²) in [5.74, 6) is -0.594. The van der Waals surface area contributed by atoms with Crippen LogP contribution >= 0.6 is 0 Å². The Hall–Kier alpha value is -1.26.